The molecule has 0 saturated heterocycles. The third-order valence-electron chi connectivity index (χ3n) is 4.35. The van der Waals surface area contributed by atoms with Crippen molar-refractivity contribution >= 4 is 28.4 Å². The van der Waals surface area contributed by atoms with Gasteiger partial charge in [0.25, 0.3) is 0 Å². The molecule has 0 aliphatic carbocycles. The first-order valence-corrected chi connectivity index (χ1v) is 8.70. The number of hydrogen-bond donors (Lipinski definition) is 1. The van der Waals surface area contributed by atoms with Crippen molar-refractivity contribution in [3.05, 3.63) is 67.1 Å². The summed E-state index contributed by atoms with van der Waals surface area (Å²) in [4.78, 5) is 25.3. The maximum absolute atomic E-state index is 14.1. The predicted octanol–water partition coefficient (Wildman–Crippen LogP) is 2.31. The first kappa shape index (κ1) is 16.9. The fourth-order valence-corrected chi connectivity index (χ4v) is 2.99. The second kappa shape index (κ2) is 6.75. The lowest BCUT2D eigenvalue weighted by Crippen LogP contribution is -2.19. The van der Waals surface area contributed by atoms with Gasteiger partial charge in [0.05, 0.1) is 18.1 Å². The van der Waals surface area contributed by atoms with Gasteiger partial charge in [-0.3, -0.25) is 4.79 Å². The van der Waals surface area contributed by atoms with Crippen molar-refractivity contribution in [1.82, 2.24) is 34.3 Å². The molecule has 4 aromatic heterocycles. The van der Waals surface area contributed by atoms with E-state index in [0.717, 1.165) is 0 Å². The van der Waals surface area contributed by atoms with Gasteiger partial charge >= 0.3 is 0 Å². The number of carbonyl (C=O) groups is 1. The summed E-state index contributed by atoms with van der Waals surface area (Å²) < 4.78 is 17.1. The van der Waals surface area contributed by atoms with Crippen LogP contribution in [0.1, 0.15) is 0 Å². The molecule has 5 rings (SSSR count). The summed E-state index contributed by atoms with van der Waals surface area (Å²) in [5.74, 6) is -0.689. The molecule has 10 heteroatoms. The quantitative estimate of drug-likeness (QED) is 0.507. The minimum atomic E-state index is -0.395. The minimum Gasteiger partial charge on any atom is -0.324 e. The van der Waals surface area contributed by atoms with Crippen molar-refractivity contribution in [1.29, 1.82) is 0 Å². The molecule has 29 heavy (non-hydrogen) atoms. The van der Waals surface area contributed by atoms with E-state index in [-0.39, 0.29) is 12.5 Å². The van der Waals surface area contributed by atoms with Crippen LogP contribution >= 0.6 is 0 Å². The Hall–Kier alpha value is -4.21. The summed E-state index contributed by atoms with van der Waals surface area (Å²) in [5.41, 5.74) is 2.82. The van der Waals surface area contributed by atoms with Gasteiger partial charge < -0.3 is 5.32 Å². The Morgan fingerprint density at radius 1 is 1.10 bits per heavy atom. The Labute approximate surface area is 162 Å². The van der Waals surface area contributed by atoms with Crippen molar-refractivity contribution in [3.8, 4) is 11.3 Å². The number of nitrogens with one attached hydrogen (secondary N) is 1. The molecule has 142 valence electrons. The second-order valence-corrected chi connectivity index (χ2v) is 6.27. The number of pyridine rings is 1. The van der Waals surface area contributed by atoms with Crippen LogP contribution in [0.25, 0.3) is 28.1 Å². The van der Waals surface area contributed by atoms with Crippen LogP contribution in [0.5, 0.6) is 0 Å². The maximum atomic E-state index is 14.1. The summed E-state index contributed by atoms with van der Waals surface area (Å²) in [5, 5.41) is 11.0. The molecule has 0 atom stereocenters. The highest BCUT2D eigenvalue weighted by Gasteiger charge is 2.13. The van der Waals surface area contributed by atoms with Crippen LogP contribution in [-0.2, 0) is 11.3 Å². The molecular weight excluding hydrogens is 375 g/mol. The molecule has 0 unspecified atom stereocenters. The first-order chi connectivity index (χ1) is 14.2. The lowest BCUT2D eigenvalue weighted by molar-refractivity contribution is -0.116. The molecular formula is C19H13FN8O. The predicted molar refractivity (Wildman–Crippen MR) is 102 cm³/mol. The highest BCUT2D eigenvalue weighted by atomic mass is 19.1. The van der Waals surface area contributed by atoms with Crippen molar-refractivity contribution in [2.75, 3.05) is 5.32 Å². The molecule has 9 nitrogen and oxygen atoms in total. The summed E-state index contributed by atoms with van der Waals surface area (Å²) in [6.07, 6.45) is 6.14. The van der Waals surface area contributed by atoms with Crippen LogP contribution in [0.4, 0.5) is 10.1 Å². The summed E-state index contributed by atoms with van der Waals surface area (Å²) in [7, 11) is 0. The third-order valence-corrected chi connectivity index (χ3v) is 4.35. The fourth-order valence-electron chi connectivity index (χ4n) is 2.99. The largest absolute Gasteiger partial charge is 0.324 e. The Morgan fingerprint density at radius 2 is 2.00 bits per heavy atom. The van der Waals surface area contributed by atoms with Gasteiger partial charge in [-0.25, -0.2) is 28.5 Å². The van der Waals surface area contributed by atoms with Gasteiger partial charge in [-0.2, -0.15) is 10.2 Å². The zero-order chi connectivity index (χ0) is 19.8. The van der Waals surface area contributed by atoms with Gasteiger partial charge in [-0.15, -0.1) is 0 Å². The normalized spacial score (nSPS) is 11.2. The Balaban J connectivity index is 1.41. The van der Waals surface area contributed by atoms with Crippen LogP contribution in [-0.4, -0.2) is 40.3 Å². The topological polar surface area (TPSA) is 103 Å². The number of rotatable bonds is 4. The highest BCUT2D eigenvalue weighted by Crippen LogP contribution is 2.22. The summed E-state index contributed by atoms with van der Waals surface area (Å²) >= 11 is 0. The maximum Gasteiger partial charge on any atom is 0.246 e. The zero-order valence-corrected chi connectivity index (χ0v) is 14.9. The number of fused-ring (bicyclic) bond motifs is 2. The summed E-state index contributed by atoms with van der Waals surface area (Å²) in [6.45, 7) is -0.0726. The number of carbonyl (C=O) groups excluding carboxylic acids is 1. The number of anilines is 1. The zero-order valence-electron chi connectivity index (χ0n) is 14.9. The van der Waals surface area contributed by atoms with E-state index in [2.05, 4.69) is 30.5 Å². The van der Waals surface area contributed by atoms with Gasteiger partial charge in [0.1, 0.15) is 24.2 Å². The number of nitrogens with zero attached hydrogens (tertiary/aromatic N) is 7. The Morgan fingerprint density at radius 3 is 2.90 bits per heavy atom. The smallest absolute Gasteiger partial charge is 0.246 e. The van der Waals surface area contributed by atoms with E-state index < -0.39 is 5.82 Å². The van der Waals surface area contributed by atoms with Crippen LogP contribution in [0.2, 0.25) is 0 Å². The SMILES string of the molecule is O=C(Cn1ncc2ncc(-c3ccccc3F)nc21)Nc1ccn2ncnc2c1. The number of amides is 1. The van der Waals surface area contributed by atoms with E-state index in [9.17, 15) is 9.18 Å². The van der Waals surface area contributed by atoms with Crippen molar-refractivity contribution < 1.29 is 9.18 Å². The van der Waals surface area contributed by atoms with Crippen LogP contribution in [0.3, 0.4) is 0 Å². The molecule has 1 aromatic carbocycles. The second-order valence-electron chi connectivity index (χ2n) is 6.27. The first-order valence-electron chi connectivity index (χ1n) is 8.70. The standard InChI is InChI=1S/C19H13FN8O/c20-14-4-2-1-3-13(14)15-8-21-16-9-23-28(19(16)26-15)10-18(29)25-12-5-6-27-17(7-12)22-11-24-27/h1-9,11H,10H2,(H,25,29). The lowest BCUT2D eigenvalue weighted by Gasteiger charge is -2.07. The molecule has 1 amide bonds. The fraction of sp³-hybridized carbons (Fsp3) is 0.0526. The average Bonchev–Trinajstić information content (AvgIpc) is 3.34. The van der Waals surface area contributed by atoms with Crippen molar-refractivity contribution in [2.24, 2.45) is 0 Å². The molecule has 4 heterocycles. The molecule has 0 fully saturated rings. The number of aromatic nitrogens is 7. The average molecular weight is 388 g/mol. The third kappa shape index (κ3) is 3.16. The molecule has 5 aromatic rings. The van der Waals surface area contributed by atoms with E-state index in [1.54, 1.807) is 41.0 Å². The van der Waals surface area contributed by atoms with Gasteiger partial charge in [-0.05, 0) is 18.2 Å². The summed E-state index contributed by atoms with van der Waals surface area (Å²) in [6, 6.07) is 9.74. The van der Waals surface area contributed by atoms with Gasteiger partial charge in [0.15, 0.2) is 11.3 Å². The van der Waals surface area contributed by atoms with E-state index in [1.165, 1.54) is 29.5 Å². The van der Waals surface area contributed by atoms with Crippen LogP contribution in [0, 0.1) is 5.82 Å². The molecule has 1 N–H and O–H groups in total. The number of hydrogen-bond acceptors (Lipinski definition) is 6. The number of benzene rings is 1. The van der Waals surface area contributed by atoms with Gasteiger partial charge in [0.2, 0.25) is 5.91 Å². The van der Waals surface area contributed by atoms with Crippen molar-refractivity contribution in [2.45, 2.75) is 6.54 Å². The van der Waals surface area contributed by atoms with E-state index in [4.69, 9.17) is 0 Å². The molecule has 0 spiro atoms. The molecule has 0 aliphatic heterocycles. The van der Waals surface area contributed by atoms with Crippen LogP contribution in [0.15, 0.2) is 61.3 Å². The number of halogens is 1. The highest BCUT2D eigenvalue weighted by molar-refractivity contribution is 5.91. The molecule has 0 saturated carbocycles. The molecule has 0 bridgehead atoms. The minimum absolute atomic E-state index is 0.0726. The molecule has 0 aliphatic rings. The van der Waals surface area contributed by atoms with Crippen LogP contribution < -0.4 is 5.32 Å². The van der Waals surface area contributed by atoms with Gasteiger partial charge in [0, 0.05) is 23.5 Å². The molecule has 0 radical (unpaired) electrons. The van der Waals surface area contributed by atoms with Crippen molar-refractivity contribution in [3.63, 3.8) is 0 Å². The van der Waals surface area contributed by atoms with Gasteiger partial charge in [-0.1, -0.05) is 12.1 Å². The van der Waals surface area contributed by atoms with E-state index in [1.807, 2.05) is 0 Å². The lowest BCUT2D eigenvalue weighted by atomic mass is 10.1. The Bertz CT molecular complexity index is 1360. The van der Waals surface area contributed by atoms with E-state index in [0.29, 0.717) is 33.8 Å². The van der Waals surface area contributed by atoms with E-state index >= 15 is 0 Å². The Kier molecular flexibility index (Phi) is 3.94. The monoisotopic (exact) mass is 388 g/mol.